The summed E-state index contributed by atoms with van der Waals surface area (Å²) in [5.41, 5.74) is 3.40. The Morgan fingerprint density at radius 3 is 2.59 bits per heavy atom. The Morgan fingerprint density at radius 2 is 1.90 bits per heavy atom. The maximum Gasteiger partial charge on any atom is 0.188 e. The second-order valence-corrected chi connectivity index (χ2v) is 7.62. The summed E-state index contributed by atoms with van der Waals surface area (Å²) in [5, 5.41) is 1.38. The topological polar surface area (TPSA) is 32.6 Å². The summed E-state index contributed by atoms with van der Waals surface area (Å²) in [7, 11) is 1.55. The van der Waals surface area contributed by atoms with Crippen LogP contribution in [0.25, 0.3) is 16.6 Å². The second-order valence-electron chi connectivity index (χ2n) is 7.18. The number of rotatable bonds is 5. The van der Waals surface area contributed by atoms with E-state index in [4.69, 9.17) is 25.8 Å². The lowest BCUT2D eigenvalue weighted by atomic mass is 9.93. The number of fused-ring (bicyclic) bond motifs is 1. The quantitative estimate of drug-likeness (QED) is 0.492. The van der Waals surface area contributed by atoms with Crippen LogP contribution in [0.5, 0.6) is 5.75 Å². The Hall–Kier alpha value is -2.15. The summed E-state index contributed by atoms with van der Waals surface area (Å²) in [6, 6.07) is 7.52. The fourth-order valence-corrected chi connectivity index (χ4v) is 4.35. The number of hydrogen-bond acceptors (Lipinski definition) is 3. The van der Waals surface area contributed by atoms with E-state index in [0.717, 1.165) is 41.1 Å². The molecule has 7 heteroatoms. The van der Waals surface area contributed by atoms with Crippen LogP contribution < -0.4 is 4.74 Å². The van der Waals surface area contributed by atoms with Gasteiger partial charge in [0.15, 0.2) is 18.4 Å². The highest BCUT2D eigenvalue weighted by Gasteiger charge is 2.27. The molecule has 0 atom stereocenters. The molecule has 4 nitrogen and oxygen atoms in total. The maximum absolute atomic E-state index is 14.1. The zero-order valence-electron chi connectivity index (χ0n) is 16.3. The summed E-state index contributed by atoms with van der Waals surface area (Å²) in [4.78, 5) is 0. The Balaban J connectivity index is 2.02. The normalized spacial score (nSPS) is 15.2. The van der Waals surface area contributed by atoms with Gasteiger partial charge in [-0.15, -0.1) is 0 Å². The SMILES string of the molecule is COCOc1cc(Cl)cc2c1c(C)c(C1CCOCC1)n2-c1ccc(F)c(F)c1. The van der Waals surface area contributed by atoms with Gasteiger partial charge in [0.2, 0.25) is 0 Å². The van der Waals surface area contributed by atoms with Crippen LogP contribution in [0.2, 0.25) is 5.02 Å². The molecular formula is C22H22ClF2NO3. The van der Waals surface area contributed by atoms with Gasteiger partial charge in [0.25, 0.3) is 0 Å². The fraction of sp³-hybridized carbons (Fsp3) is 0.364. The van der Waals surface area contributed by atoms with Crippen molar-refractivity contribution in [3.05, 3.63) is 58.2 Å². The van der Waals surface area contributed by atoms with Crippen molar-refractivity contribution in [3.8, 4) is 11.4 Å². The van der Waals surface area contributed by atoms with E-state index in [1.165, 1.54) is 6.07 Å². The average molecular weight is 422 g/mol. The Morgan fingerprint density at radius 1 is 1.14 bits per heavy atom. The number of nitrogens with zero attached hydrogens (tertiary/aromatic N) is 1. The molecule has 2 heterocycles. The molecule has 154 valence electrons. The molecule has 0 bridgehead atoms. The van der Waals surface area contributed by atoms with E-state index in [2.05, 4.69) is 0 Å². The molecule has 4 rings (SSSR count). The van der Waals surface area contributed by atoms with E-state index >= 15 is 0 Å². The first-order valence-corrected chi connectivity index (χ1v) is 9.88. The highest BCUT2D eigenvalue weighted by molar-refractivity contribution is 6.31. The van der Waals surface area contributed by atoms with Crippen LogP contribution in [0.1, 0.15) is 30.0 Å². The van der Waals surface area contributed by atoms with Crippen LogP contribution >= 0.6 is 11.6 Å². The van der Waals surface area contributed by atoms with Crippen molar-refractivity contribution in [1.29, 1.82) is 0 Å². The highest BCUT2D eigenvalue weighted by atomic mass is 35.5. The molecule has 1 fully saturated rings. The molecule has 29 heavy (non-hydrogen) atoms. The minimum absolute atomic E-state index is 0.0812. The summed E-state index contributed by atoms with van der Waals surface area (Å²) in [5.74, 6) is -0.950. The number of ether oxygens (including phenoxy) is 3. The Bertz CT molecular complexity index is 1040. The summed E-state index contributed by atoms with van der Waals surface area (Å²) < 4.78 is 46.0. The lowest BCUT2D eigenvalue weighted by Gasteiger charge is -2.25. The van der Waals surface area contributed by atoms with E-state index in [0.29, 0.717) is 29.7 Å². The molecule has 0 spiro atoms. The zero-order valence-corrected chi connectivity index (χ0v) is 17.1. The highest BCUT2D eigenvalue weighted by Crippen LogP contribution is 2.42. The monoisotopic (exact) mass is 421 g/mol. The van der Waals surface area contributed by atoms with Gasteiger partial charge in [-0.05, 0) is 49.6 Å². The predicted molar refractivity (Wildman–Crippen MR) is 108 cm³/mol. The van der Waals surface area contributed by atoms with Gasteiger partial charge in [-0.2, -0.15) is 0 Å². The van der Waals surface area contributed by atoms with Gasteiger partial charge in [0.1, 0.15) is 5.75 Å². The first-order valence-electron chi connectivity index (χ1n) is 9.50. The van der Waals surface area contributed by atoms with E-state index in [-0.39, 0.29) is 12.7 Å². The molecule has 0 radical (unpaired) electrons. The minimum atomic E-state index is -0.891. The predicted octanol–water partition coefficient (Wildman–Crippen LogP) is 5.75. The van der Waals surface area contributed by atoms with Crippen molar-refractivity contribution in [3.63, 3.8) is 0 Å². The van der Waals surface area contributed by atoms with Gasteiger partial charge in [0.05, 0.1) is 5.52 Å². The van der Waals surface area contributed by atoms with E-state index in [9.17, 15) is 8.78 Å². The largest absolute Gasteiger partial charge is 0.467 e. The molecule has 1 aliphatic heterocycles. The van der Waals surface area contributed by atoms with Crippen LogP contribution in [0.4, 0.5) is 8.78 Å². The number of benzene rings is 2. The number of aryl methyl sites for hydroxylation is 1. The summed E-state index contributed by atoms with van der Waals surface area (Å²) in [6.45, 7) is 3.43. The Labute approximate surface area is 172 Å². The summed E-state index contributed by atoms with van der Waals surface area (Å²) in [6.07, 6.45) is 1.70. The molecule has 0 N–H and O–H groups in total. The zero-order chi connectivity index (χ0) is 20.5. The molecule has 0 unspecified atom stereocenters. The molecule has 1 aromatic heterocycles. The Kier molecular flexibility index (Phi) is 5.76. The van der Waals surface area contributed by atoms with Crippen LogP contribution in [0.3, 0.4) is 0 Å². The lowest BCUT2D eigenvalue weighted by molar-refractivity contribution is 0.0522. The third kappa shape index (κ3) is 3.72. The van der Waals surface area contributed by atoms with Crippen LogP contribution in [-0.4, -0.2) is 31.7 Å². The number of halogens is 3. The molecule has 0 amide bonds. The van der Waals surface area contributed by atoms with Crippen LogP contribution in [0, 0.1) is 18.6 Å². The number of methoxy groups -OCH3 is 1. The van der Waals surface area contributed by atoms with Crippen molar-refractivity contribution in [2.45, 2.75) is 25.7 Å². The van der Waals surface area contributed by atoms with Crippen LogP contribution in [0.15, 0.2) is 30.3 Å². The fourth-order valence-electron chi connectivity index (χ4n) is 4.15. The molecule has 0 aliphatic carbocycles. The smallest absolute Gasteiger partial charge is 0.188 e. The van der Waals surface area contributed by atoms with Crippen molar-refractivity contribution >= 4 is 22.5 Å². The average Bonchev–Trinajstić information content (AvgIpc) is 3.01. The first kappa shape index (κ1) is 20.1. The van der Waals surface area contributed by atoms with Crippen molar-refractivity contribution < 1.29 is 23.0 Å². The maximum atomic E-state index is 14.1. The second kappa shape index (κ2) is 8.30. The molecular weight excluding hydrogens is 400 g/mol. The minimum Gasteiger partial charge on any atom is -0.467 e. The summed E-state index contributed by atoms with van der Waals surface area (Å²) >= 11 is 6.38. The number of aromatic nitrogens is 1. The van der Waals surface area contributed by atoms with Gasteiger partial charge in [0, 0.05) is 54.1 Å². The lowest BCUT2D eigenvalue weighted by Crippen LogP contribution is -2.17. The molecule has 0 saturated carbocycles. The van der Waals surface area contributed by atoms with E-state index in [1.54, 1.807) is 19.2 Å². The molecule has 1 aliphatic rings. The van der Waals surface area contributed by atoms with Crippen molar-refractivity contribution in [2.75, 3.05) is 27.1 Å². The molecule has 2 aromatic carbocycles. The third-order valence-corrected chi connectivity index (χ3v) is 5.61. The van der Waals surface area contributed by atoms with Gasteiger partial charge in [-0.25, -0.2) is 8.78 Å². The van der Waals surface area contributed by atoms with Gasteiger partial charge in [-0.3, -0.25) is 0 Å². The first-order chi connectivity index (χ1) is 14.0. The van der Waals surface area contributed by atoms with Gasteiger partial charge >= 0.3 is 0 Å². The van der Waals surface area contributed by atoms with E-state index in [1.807, 2.05) is 17.6 Å². The van der Waals surface area contributed by atoms with Gasteiger partial charge < -0.3 is 18.8 Å². The van der Waals surface area contributed by atoms with Gasteiger partial charge in [-0.1, -0.05) is 11.6 Å². The van der Waals surface area contributed by atoms with E-state index < -0.39 is 11.6 Å². The number of hydrogen-bond donors (Lipinski definition) is 0. The molecule has 1 saturated heterocycles. The van der Waals surface area contributed by atoms with Crippen molar-refractivity contribution in [2.24, 2.45) is 0 Å². The van der Waals surface area contributed by atoms with Crippen LogP contribution in [-0.2, 0) is 9.47 Å². The molecule has 3 aromatic rings. The standard InChI is InChI=1S/C22H22ClF2NO3/c1-13-21-19(9-15(23)10-20(21)29-12-27-2)26(16-3-4-17(24)18(25)11-16)22(13)14-5-7-28-8-6-14/h3-4,9-11,14H,5-8,12H2,1-2H3. The third-order valence-electron chi connectivity index (χ3n) is 5.39. The van der Waals surface area contributed by atoms with Crippen molar-refractivity contribution in [1.82, 2.24) is 4.57 Å².